The minimum absolute atomic E-state index is 0.248. The maximum atomic E-state index is 12.3. The fraction of sp³-hybridized carbons (Fsp3) is 0.636. The molecule has 19 heavy (non-hydrogen) atoms. The fourth-order valence-corrected chi connectivity index (χ4v) is 4.79. The van der Waals surface area contributed by atoms with Gasteiger partial charge in [0, 0.05) is 13.1 Å². The molecule has 0 saturated carbocycles. The highest BCUT2D eigenvalue weighted by atomic mass is 32.2. The van der Waals surface area contributed by atoms with Crippen molar-refractivity contribution in [1.82, 2.24) is 9.29 Å². The van der Waals surface area contributed by atoms with E-state index in [-0.39, 0.29) is 17.3 Å². The molecule has 106 valence electrons. The van der Waals surface area contributed by atoms with Gasteiger partial charge in [-0.2, -0.15) is 4.31 Å². The minimum atomic E-state index is -3.50. The number of aliphatic carboxylic acids is 1. The molecule has 6 nitrogen and oxygen atoms in total. The number of hydrogen-bond acceptors (Lipinski definition) is 5. The molecule has 0 aliphatic carbocycles. The largest absolute Gasteiger partial charge is 0.481 e. The van der Waals surface area contributed by atoms with Crippen LogP contribution >= 0.6 is 11.3 Å². The molecule has 0 spiro atoms. The molecule has 2 rings (SSSR count). The second-order valence-corrected chi connectivity index (χ2v) is 7.72. The van der Waals surface area contributed by atoms with Crippen LogP contribution in [0.15, 0.2) is 10.4 Å². The van der Waals surface area contributed by atoms with Gasteiger partial charge in [0.2, 0.25) is 0 Å². The molecule has 8 heteroatoms. The summed E-state index contributed by atoms with van der Waals surface area (Å²) in [6.45, 7) is 2.45. The van der Waals surface area contributed by atoms with Crippen LogP contribution in [0.25, 0.3) is 0 Å². The Hall–Kier alpha value is -0.990. The molecular formula is C11H16N2O4S2. The van der Waals surface area contributed by atoms with Gasteiger partial charge in [-0.1, -0.05) is 6.92 Å². The number of aryl methyl sites for hydroxylation is 1. The van der Waals surface area contributed by atoms with E-state index in [1.807, 2.05) is 6.92 Å². The van der Waals surface area contributed by atoms with E-state index in [2.05, 4.69) is 4.98 Å². The highest BCUT2D eigenvalue weighted by Crippen LogP contribution is 2.27. The van der Waals surface area contributed by atoms with Gasteiger partial charge in [-0.15, -0.1) is 11.3 Å². The first-order chi connectivity index (χ1) is 8.95. The molecule has 1 aliphatic heterocycles. The van der Waals surface area contributed by atoms with Crippen LogP contribution in [0, 0.1) is 5.92 Å². The third-order valence-electron chi connectivity index (χ3n) is 3.23. The summed E-state index contributed by atoms with van der Waals surface area (Å²) >= 11 is 1.18. The zero-order valence-electron chi connectivity index (χ0n) is 10.6. The smallest absolute Gasteiger partial charge is 0.306 e. The Bertz CT molecular complexity index is 559. The lowest BCUT2D eigenvalue weighted by molar-refractivity contribution is -0.142. The molecule has 1 fully saturated rings. The Morgan fingerprint density at radius 1 is 1.53 bits per heavy atom. The van der Waals surface area contributed by atoms with Crippen LogP contribution in [0.5, 0.6) is 0 Å². The maximum Gasteiger partial charge on any atom is 0.306 e. The van der Waals surface area contributed by atoms with Gasteiger partial charge in [0.25, 0.3) is 10.0 Å². The van der Waals surface area contributed by atoms with Crippen molar-refractivity contribution in [3.05, 3.63) is 11.2 Å². The molecule has 0 bridgehead atoms. The Morgan fingerprint density at radius 2 is 2.16 bits per heavy atom. The van der Waals surface area contributed by atoms with Crippen molar-refractivity contribution >= 4 is 27.3 Å². The van der Waals surface area contributed by atoms with Crippen molar-refractivity contribution in [2.24, 2.45) is 5.92 Å². The molecule has 1 saturated heterocycles. The Morgan fingerprint density at radius 3 is 2.63 bits per heavy atom. The van der Waals surface area contributed by atoms with Gasteiger partial charge in [0.05, 0.1) is 17.1 Å². The summed E-state index contributed by atoms with van der Waals surface area (Å²) in [5.74, 6) is -1.28. The Balaban J connectivity index is 2.11. The van der Waals surface area contributed by atoms with Crippen LogP contribution < -0.4 is 0 Å². The highest BCUT2D eigenvalue weighted by molar-refractivity contribution is 7.91. The van der Waals surface area contributed by atoms with Gasteiger partial charge in [0.1, 0.15) is 0 Å². The summed E-state index contributed by atoms with van der Waals surface area (Å²) in [6, 6.07) is 0. The molecule has 2 heterocycles. The zero-order valence-corrected chi connectivity index (χ0v) is 12.2. The summed E-state index contributed by atoms with van der Waals surface area (Å²) in [5.41, 5.74) is 0. The fourth-order valence-electron chi connectivity index (χ4n) is 2.05. The van der Waals surface area contributed by atoms with Crippen molar-refractivity contribution in [3.63, 3.8) is 0 Å². The van der Waals surface area contributed by atoms with Crippen LogP contribution in [-0.4, -0.2) is 41.9 Å². The number of thiazole rings is 1. The summed E-state index contributed by atoms with van der Waals surface area (Å²) in [6.07, 6.45) is 2.84. The van der Waals surface area contributed by atoms with E-state index in [1.54, 1.807) is 0 Å². The summed E-state index contributed by atoms with van der Waals surface area (Å²) in [7, 11) is -3.50. The van der Waals surface area contributed by atoms with E-state index < -0.39 is 21.9 Å². The Kier molecular flexibility index (Phi) is 4.22. The van der Waals surface area contributed by atoms with E-state index in [9.17, 15) is 13.2 Å². The molecule has 0 unspecified atom stereocenters. The SMILES string of the molecule is CCc1ncc(S(=O)(=O)N2CCC(C(=O)O)CC2)s1. The average molecular weight is 304 g/mol. The first-order valence-corrected chi connectivity index (χ1v) is 8.38. The summed E-state index contributed by atoms with van der Waals surface area (Å²) < 4.78 is 26.3. The van der Waals surface area contributed by atoms with Crippen LogP contribution in [-0.2, 0) is 21.2 Å². The van der Waals surface area contributed by atoms with Gasteiger partial charge >= 0.3 is 5.97 Å². The first-order valence-electron chi connectivity index (χ1n) is 6.12. The normalized spacial score (nSPS) is 18.6. The lowest BCUT2D eigenvalue weighted by Gasteiger charge is -2.28. The maximum absolute atomic E-state index is 12.3. The second-order valence-electron chi connectivity index (χ2n) is 4.44. The van der Waals surface area contributed by atoms with Gasteiger partial charge in [-0.05, 0) is 19.3 Å². The number of carboxylic acids is 1. The minimum Gasteiger partial charge on any atom is -0.481 e. The topological polar surface area (TPSA) is 87.6 Å². The van der Waals surface area contributed by atoms with Crippen LogP contribution in [0.3, 0.4) is 0 Å². The predicted octanol–water partition coefficient (Wildman–Crippen LogP) is 1.19. The van der Waals surface area contributed by atoms with Crippen molar-refractivity contribution in [2.75, 3.05) is 13.1 Å². The molecule has 0 atom stereocenters. The predicted molar refractivity (Wildman–Crippen MR) is 70.6 cm³/mol. The van der Waals surface area contributed by atoms with Crippen LogP contribution in [0.2, 0.25) is 0 Å². The molecule has 1 aliphatic rings. The quantitative estimate of drug-likeness (QED) is 0.903. The number of carbonyl (C=O) groups is 1. The van der Waals surface area contributed by atoms with Gasteiger partial charge in [0.15, 0.2) is 4.21 Å². The van der Waals surface area contributed by atoms with Crippen molar-refractivity contribution in [1.29, 1.82) is 0 Å². The molecule has 1 aromatic heterocycles. The average Bonchev–Trinajstić information content (AvgIpc) is 2.88. The van der Waals surface area contributed by atoms with Crippen LogP contribution in [0.4, 0.5) is 0 Å². The van der Waals surface area contributed by atoms with E-state index in [4.69, 9.17) is 5.11 Å². The third-order valence-corrected chi connectivity index (χ3v) is 6.71. The number of nitrogens with zero attached hydrogens (tertiary/aromatic N) is 2. The zero-order chi connectivity index (χ0) is 14.0. The molecule has 1 N–H and O–H groups in total. The summed E-state index contributed by atoms with van der Waals surface area (Å²) in [5, 5.41) is 9.69. The van der Waals surface area contributed by atoms with Gasteiger partial charge in [-0.3, -0.25) is 4.79 Å². The van der Waals surface area contributed by atoms with Gasteiger partial charge in [-0.25, -0.2) is 13.4 Å². The number of piperidine rings is 1. The Labute approximate surface area is 116 Å². The number of carboxylic acid groups (broad SMARTS) is 1. The van der Waals surface area contributed by atoms with E-state index >= 15 is 0 Å². The first kappa shape index (κ1) is 14.4. The number of hydrogen-bond donors (Lipinski definition) is 1. The van der Waals surface area contributed by atoms with Gasteiger partial charge < -0.3 is 5.11 Å². The monoisotopic (exact) mass is 304 g/mol. The molecule has 1 aromatic rings. The van der Waals surface area contributed by atoms with Crippen molar-refractivity contribution in [2.45, 2.75) is 30.4 Å². The third kappa shape index (κ3) is 2.96. The number of sulfonamides is 1. The van der Waals surface area contributed by atoms with Crippen molar-refractivity contribution < 1.29 is 18.3 Å². The number of aromatic nitrogens is 1. The lowest BCUT2D eigenvalue weighted by Crippen LogP contribution is -2.39. The highest BCUT2D eigenvalue weighted by Gasteiger charge is 2.32. The van der Waals surface area contributed by atoms with Crippen molar-refractivity contribution in [3.8, 4) is 0 Å². The molecular weight excluding hydrogens is 288 g/mol. The standard InChI is InChI=1S/C11H16N2O4S2/c1-2-9-12-7-10(18-9)19(16,17)13-5-3-8(4-6-13)11(14)15/h7-8H,2-6H2,1H3,(H,14,15). The van der Waals surface area contributed by atoms with Crippen LogP contribution in [0.1, 0.15) is 24.8 Å². The lowest BCUT2D eigenvalue weighted by atomic mass is 9.99. The molecule has 0 radical (unpaired) electrons. The van der Waals surface area contributed by atoms with E-state index in [1.165, 1.54) is 21.8 Å². The summed E-state index contributed by atoms with van der Waals surface area (Å²) in [4.78, 5) is 14.9. The van der Waals surface area contributed by atoms with E-state index in [0.717, 1.165) is 5.01 Å². The van der Waals surface area contributed by atoms with E-state index in [0.29, 0.717) is 19.3 Å². The second kappa shape index (κ2) is 5.56. The number of rotatable bonds is 4. The molecule has 0 aromatic carbocycles. The molecule has 0 amide bonds.